The molecule has 1 saturated heterocycles. The number of para-hydroxylation sites is 1. The summed E-state index contributed by atoms with van der Waals surface area (Å²) in [6.45, 7) is 4.87. The van der Waals surface area contributed by atoms with Gasteiger partial charge in [-0.15, -0.1) is 0 Å². The molecule has 2 aromatic rings. The number of carbonyl (C=O) groups is 1. The van der Waals surface area contributed by atoms with E-state index in [1.165, 1.54) is 0 Å². The van der Waals surface area contributed by atoms with E-state index in [4.69, 9.17) is 0 Å². The lowest BCUT2D eigenvalue weighted by molar-refractivity contribution is -0.133. The number of benzene rings is 1. The molecule has 7 nitrogen and oxygen atoms in total. The van der Waals surface area contributed by atoms with Crippen molar-refractivity contribution in [2.75, 3.05) is 13.1 Å². The summed E-state index contributed by atoms with van der Waals surface area (Å²) in [7, 11) is -3.78. The van der Waals surface area contributed by atoms with E-state index in [-0.39, 0.29) is 11.9 Å². The SMILES string of the molecule is CC(C)NS(=O)(=O)NC(Cc1c[nH]c2ccccc12)C(=O)N1CCCCC1. The zero-order valence-electron chi connectivity index (χ0n) is 15.9. The minimum atomic E-state index is -3.78. The van der Waals surface area contributed by atoms with Gasteiger partial charge in [0, 0.05) is 36.2 Å². The number of amides is 1. The molecule has 1 atom stereocenters. The smallest absolute Gasteiger partial charge is 0.277 e. The number of hydrogen-bond donors (Lipinski definition) is 3. The van der Waals surface area contributed by atoms with Crippen LogP contribution in [-0.2, 0) is 21.4 Å². The largest absolute Gasteiger partial charge is 0.361 e. The molecule has 1 aliphatic heterocycles. The number of piperidine rings is 1. The van der Waals surface area contributed by atoms with Crippen LogP contribution in [-0.4, -0.2) is 49.4 Å². The third-order valence-electron chi connectivity index (χ3n) is 4.75. The van der Waals surface area contributed by atoms with Gasteiger partial charge >= 0.3 is 0 Å². The molecule has 1 amide bonds. The summed E-state index contributed by atoms with van der Waals surface area (Å²) in [5.41, 5.74) is 1.90. The Morgan fingerprint density at radius 3 is 2.56 bits per heavy atom. The quantitative estimate of drug-likeness (QED) is 0.672. The minimum absolute atomic E-state index is 0.158. The number of nitrogens with zero attached hydrogens (tertiary/aromatic N) is 1. The van der Waals surface area contributed by atoms with Crippen LogP contribution in [0.15, 0.2) is 30.5 Å². The zero-order valence-corrected chi connectivity index (χ0v) is 16.7. The van der Waals surface area contributed by atoms with Gasteiger partial charge in [0.2, 0.25) is 5.91 Å². The topological polar surface area (TPSA) is 94.3 Å². The number of H-pyrrole nitrogens is 1. The van der Waals surface area contributed by atoms with Crippen LogP contribution in [0.25, 0.3) is 10.9 Å². The molecule has 3 rings (SSSR count). The summed E-state index contributed by atoms with van der Waals surface area (Å²) in [6, 6.07) is 6.73. The number of carbonyl (C=O) groups excluding carboxylic acids is 1. The Labute approximate surface area is 160 Å². The Morgan fingerprint density at radius 1 is 1.15 bits per heavy atom. The maximum Gasteiger partial charge on any atom is 0.277 e. The fourth-order valence-electron chi connectivity index (χ4n) is 3.57. The number of nitrogens with one attached hydrogen (secondary N) is 3. The third kappa shape index (κ3) is 5.09. The van der Waals surface area contributed by atoms with Gasteiger partial charge in [0.15, 0.2) is 0 Å². The Kier molecular flexibility index (Phi) is 6.18. The summed E-state index contributed by atoms with van der Waals surface area (Å²) < 4.78 is 29.9. The van der Waals surface area contributed by atoms with Crippen LogP contribution in [0.3, 0.4) is 0 Å². The normalized spacial score (nSPS) is 16.8. The molecule has 1 aromatic carbocycles. The first-order valence-electron chi connectivity index (χ1n) is 9.49. The highest BCUT2D eigenvalue weighted by Crippen LogP contribution is 2.20. The molecule has 0 saturated carbocycles. The predicted octanol–water partition coefficient (Wildman–Crippen LogP) is 1.92. The van der Waals surface area contributed by atoms with Gasteiger partial charge < -0.3 is 9.88 Å². The highest BCUT2D eigenvalue weighted by Gasteiger charge is 2.30. The molecule has 0 radical (unpaired) electrons. The number of likely N-dealkylation sites (tertiary alicyclic amines) is 1. The highest BCUT2D eigenvalue weighted by molar-refractivity contribution is 7.87. The second kappa shape index (κ2) is 8.41. The Bertz CT molecular complexity index is 885. The van der Waals surface area contributed by atoms with Gasteiger partial charge in [-0.1, -0.05) is 18.2 Å². The van der Waals surface area contributed by atoms with Gasteiger partial charge in [-0.05, 0) is 51.2 Å². The molecule has 148 valence electrons. The Balaban J connectivity index is 1.85. The molecule has 3 N–H and O–H groups in total. The fraction of sp³-hybridized carbons (Fsp3) is 0.526. The molecule has 1 fully saturated rings. The van der Waals surface area contributed by atoms with E-state index >= 15 is 0 Å². The molecule has 1 aromatic heterocycles. The van der Waals surface area contributed by atoms with E-state index in [9.17, 15) is 13.2 Å². The molecule has 0 spiro atoms. The van der Waals surface area contributed by atoms with Crippen LogP contribution in [0.2, 0.25) is 0 Å². The highest BCUT2D eigenvalue weighted by atomic mass is 32.2. The van der Waals surface area contributed by atoms with Crippen molar-refractivity contribution in [1.82, 2.24) is 19.3 Å². The number of aromatic nitrogens is 1. The molecule has 0 aliphatic carbocycles. The van der Waals surface area contributed by atoms with Crippen molar-refractivity contribution < 1.29 is 13.2 Å². The van der Waals surface area contributed by atoms with Crippen LogP contribution in [0.4, 0.5) is 0 Å². The Hall–Kier alpha value is -1.90. The van der Waals surface area contributed by atoms with Crippen molar-refractivity contribution in [1.29, 1.82) is 0 Å². The van der Waals surface area contributed by atoms with Crippen molar-refractivity contribution >= 4 is 27.0 Å². The van der Waals surface area contributed by atoms with Crippen molar-refractivity contribution in [3.63, 3.8) is 0 Å². The van der Waals surface area contributed by atoms with Crippen LogP contribution >= 0.6 is 0 Å². The van der Waals surface area contributed by atoms with Gasteiger partial charge in [-0.2, -0.15) is 17.9 Å². The van der Waals surface area contributed by atoms with Crippen molar-refractivity contribution in [3.8, 4) is 0 Å². The first kappa shape index (κ1) is 19.9. The lowest BCUT2D eigenvalue weighted by Crippen LogP contribution is -2.54. The summed E-state index contributed by atoms with van der Waals surface area (Å²) >= 11 is 0. The standard InChI is InChI=1S/C19H28N4O3S/c1-14(2)21-27(25,26)22-18(19(24)23-10-6-3-7-11-23)12-15-13-20-17-9-5-4-8-16(15)17/h4-5,8-9,13-14,18,20-22H,3,6-7,10-12H2,1-2H3. The first-order chi connectivity index (χ1) is 12.9. The van der Waals surface area contributed by atoms with Crippen LogP contribution in [0.5, 0.6) is 0 Å². The maximum atomic E-state index is 13.1. The maximum absolute atomic E-state index is 13.1. The van der Waals surface area contributed by atoms with Gasteiger partial charge in [0.05, 0.1) is 0 Å². The van der Waals surface area contributed by atoms with Crippen LogP contribution < -0.4 is 9.44 Å². The number of hydrogen-bond acceptors (Lipinski definition) is 3. The van der Waals surface area contributed by atoms with Gasteiger partial charge in [0.25, 0.3) is 10.2 Å². The third-order valence-corrected chi connectivity index (χ3v) is 6.13. The molecule has 2 heterocycles. The van der Waals surface area contributed by atoms with E-state index in [1.807, 2.05) is 30.5 Å². The molecule has 0 bridgehead atoms. The van der Waals surface area contributed by atoms with Gasteiger partial charge in [-0.3, -0.25) is 4.79 Å². The lowest BCUT2D eigenvalue weighted by atomic mass is 10.0. The molecule has 1 aliphatic rings. The minimum Gasteiger partial charge on any atom is -0.361 e. The molecule has 27 heavy (non-hydrogen) atoms. The summed E-state index contributed by atoms with van der Waals surface area (Å²) in [6.07, 6.45) is 5.19. The zero-order chi connectivity index (χ0) is 19.4. The van der Waals surface area contributed by atoms with Gasteiger partial charge in [-0.25, -0.2) is 0 Å². The van der Waals surface area contributed by atoms with E-state index < -0.39 is 16.3 Å². The second-order valence-corrected chi connectivity index (χ2v) is 8.87. The monoisotopic (exact) mass is 392 g/mol. The van der Waals surface area contributed by atoms with Crippen LogP contribution in [0, 0.1) is 0 Å². The molecular formula is C19H28N4O3S. The number of aromatic amines is 1. The fourth-order valence-corrected chi connectivity index (χ4v) is 4.81. The Morgan fingerprint density at radius 2 is 1.85 bits per heavy atom. The summed E-state index contributed by atoms with van der Waals surface area (Å²) in [4.78, 5) is 18.1. The lowest BCUT2D eigenvalue weighted by Gasteiger charge is -2.30. The van der Waals surface area contributed by atoms with E-state index in [0.29, 0.717) is 19.5 Å². The van der Waals surface area contributed by atoms with Crippen LogP contribution in [0.1, 0.15) is 38.7 Å². The average Bonchev–Trinajstić information content (AvgIpc) is 3.03. The average molecular weight is 393 g/mol. The van der Waals surface area contributed by atoms with Gasteiger partial charge in [0.1, 0.15) is 6.04 Å². The molecule has 1 unspecified atom stereocenters. The predicted molar refractivity (Wildman–Crippen MR) is 107 cm³/mol. The van der Waals surface area contributed by atoms with Crippen molar-refractivity contribution in [2.45, 2.75) is 51.6 Å². The van der Waals surface area contributed by atoms with E-state index in [2.05, 4.69) is 14.4 Å². The molecular weight excluding hydrogens is 364 g/mol. The van der Waals surface area contributed by atoms with Crippen molar-refractivity contribution in [3.05, 3.63) is 36.0 Å². The van der Waals surface area contributed by atoms with E-state index in [0.717, 1.165) is 35.7 Å². The number of rotatable bonds is 7. The second-order valence-electron chi connectivity index (χ2n) is 7.40. The molecule has 8 heteroatoms. The van der Waals surface area contributed by atoms with E-state index in [1.54, 1.807) is 18.7 Å². The first-order valence-corrected chi connectivity index (χ1v) is 11.0. The summed E-state index contributed by atoms with van der Waals surface area (Å²) in [5.74, 6) is -0.158. The number of fused-ring (bicyclic) bond motifs is 1. The van der Waals surface area contributed by atoms with Crippen molar-refractivity contribution in [2.24, 2.45) is 0 Å². The summed E-state index contributed by atoms with van der Waals surface area (Å²) in [5, 5.41) is 1.00.